The molecule has 0 unspecified atom stereocenters. The van der Waals surface area contributed by atoms with Crippen molar-refractivity contribution in [1.82, 2.24) is 0 Å². The number of rotatable bonds is 3. The molecule has 0 radical (unpaired) electrons. The minimum Gasteiger partial charge on any atom is -0.497 e. The fraction of sp³-hybridized carbons (Fsp3) is 0.429. The van der Waals surface area contributed by atoms with E-state index in [1.807, 2.05) is 18.2 Å². The zero-order chi connectivity index (χ0) is 12.9. The van der Waals surface area contributed by atoms with Gasteiger partial charge in [-0.2, -0.15) is 0 Å². The van der Waals surface area contributed by atoms with Gasteiger partial charge in [0.2, 0.25) is 0 Å². The summed E-state index contributed by atoms with van der Waals surface area (Å²) in [6, 6.07) is 5.92. The maximum absolute atomic E-state index is 5.21. The molecule has 0 heterocycles. The van der Waals surface area contributed by atoms with E-state index in [2.05, 4.69) is 31.1 Å². The number of methoxy groups -OCH3 is 2. The van der Waals surface area contributed by atoms with Crippen molar-refractivity contribution in [3.8, 4) is 17.2 Å². The molecule has 0 aliphatic carbocycles. The predicted octanol–water partition coefficient (Wildman–Crippen LogP) is 3.07. The molecule has 0 fully saturated rings. The molecule has 92 valence electrons. The van der Waals surface area contributed by atoms with Crippen molar-refractivity contribution in [1.29, 1.82) is 0 Å². The van der Waals surface area contributed by atoms with Gasteiger partial charge in [0.15, 0.2) is 0 Å². The van der Waals surface area contributed by atoms with Gasteiger partial charge in [-0.25, -0.2) is 0 Å². The average molecular weight is 248 g/mol. The lowest BCUT2D eigenvalue weighted by molar-refractivity contribution is 0.184. The van der Waals surface area contributed by atoms with Crippen LogP contribution in [0.3, 0.4) is 0 Å². The third-order valence-electron chi connectivity index (χ3n) is 2.18. The Morgan fingerprint density at radius 2 is 1.88 bits per heavy atom. The Morgan fingerprint density at radius 1 is 1.18 bits per heavy atom. The quantitative estimate of drug-likeness (QED) is 0.604. The largest absolute Gasteiger partial charge is 0.497 e. The van der Waals surface area contributed by atoms with Crippen LogP contribution < -0.4 is 4.74 Å². The lowest BCUT2D eigenvalue weighted by atomic mass is 10.1. The van der Waals surface area contributed by atoms with Crippen LogP contribution in [0.4, 0.5) is 0 Å². The minimum absolute atomic E-state index is 0.562. The Hall–Kier alpha value is -1.24. The summed E-state index contributed by atoms with van der Waals surface area (Å²) in [4.78, 5) is 0. The molecular formula is C14H20O2Si. The van der Waals surface area contributed by atoms with E-state index < -0.39 is 8.07 Å². The van der Waals surface area contributed by atoms with E-state index in [0.717, 1.165) is 16.9 Å². The second-order valence-corrected chi connectivity index (χ2v) is 9.71. The van der Waals surface area contributed by atoms with Gasteiger partial charge in [-0.15, -0.1) is 5.54 Å². The zero-order valence-corrected chi connectivity index (χ0v) is 12.3. The number of benzene rings is 1. The Labute approximate surface area is 105 Å². The maximum atomic E-state index is 5.21. The van der Waals surface area contributed by atoms with Crippen molar-refractivity contribution < 1.29 is 9.47 Å². The normalized spacial score (nSPS) is 10.6. The van der Waals surface area contributed by atoms with E-state index in [4.69, 9.17) is 9.47 Å². The molecule has 0 N–H and O–H groups in total. The van der Waals surface area contributed by atoms with Crippen molar-refractivity contribution in [2.24, 2.45) is 0 Å². The van der Waals surface area contributed by atoms with Gasteiger partial charge < -0.3 is 9.47 Å². The third kappa shape index (κ3) is 4.64. The molecule has 0 aliphatic heterocycles. The van der Waals surface area contributed by atoms with Crippen LogP contribution in [0.2, 0.25) is 19.6 Å². The van der Waals surface area contributed by atoms with E-state index in [0.29, 0.717) is 6.61 Å². The summed E-state index contributed by atoms with van der Waals surface area (Å²) in [5.41, 5.74) is 5.49. The monoisotopic (exact) mass is 248 g/mol. The fourth-order valence-electron chi connectivity index (χ4n) is 1.35. The smallest absolute Gasteiger partial charge is 0.129 e. The lowest BCUT2D eigenvalue weighted by Gasteiger charge is -2.08. The first kappa shape index (κ1) is 13.8. The van der Waals surface area contributed by atoms with Crippen molar-refractivity contribution in [2.45, 2.75) is 26.2 Å². The van der Waals surface area contributed by atoms with Gasteiger partial charge in [-0.1, -0.05) is 25.6 Å². The highest BCUT2D eigenvalue weighted by atomic mass is 28.3. The standard InChI is InChI=1S/C14H20O2Si/c1-15-11-13-10-14(16-2)7-6-12(13)8-9-17(3,4)5/h6-7,10H,11H2,1-5H3. The van der Waals surface area contributed by atoms with Crippen LogP contribution >= 0.6 is 0 Å². The summed E-state index contributed by atoms with van der Waals surface area (Å²) in [5.74, 6) is 4.11. The first-order valence-corrected chi connectivity index (χ1v) is 9.15. The molecule has 1 aromatic carbocycles. The molecule has 17 heavy (non-hydrogen) atoms. The molecular weight excluding hydrogens is 228 g/mol. The van der Waals surface area contributed by atoms with Crippen LogP contribution in [0.15, 0.2) is 18.2 Å². The molecule has 0 aliphatic rings. The molecule has 0 amide bonds. The van der Waals surface area contributed by atoms with Gasteiger partial charge in [-0.3, -0.25) is 0 Å². The molecule has 1 rings (SSSR count). The summed E-state index contributed by atoms with van der Waals surface area (Å²) in [6.07, 6.45) is 0. The molecule has 0 spiro atoms. The summed E-state index contributed by atoms with van der Waals surface area (Å²) in [6.45, 7) is 7.27. The van der Waals surface area contributed by atoms with Crippen LogP contribution in [0.5, 0.6) is 5.75 Å². The van der Waals surface area contributed by atoms with E-state index in [9.17, 15) is 0 Å². The molecule has 3 heteroatoms. The van der Waals surface area contributed by atoms with E-state index in [-0.39, 0.29) is 0 Å². The summed E-state index contributed by atoms with van der Waals surface area (Å²) in [7, 11) is 2.01. The molecule has 0 aromatic heterocycles. The first-order chi connectivity index (χ1) is 7.96. The maximum Gasteiger partial charge on any atom is 0.129 e. The Bertz CT molecular complexity index is 436. The van der Waals surface area contributed by atoms with Crippen LogP contribution in [0.25, 0.3) is 0 Å². The summed E-state index contributed by atoms with van der Waals surface area (Å²) < 4.78 is 10.4. The van der Waals surface area contributed by atoms with E-state index in [1.165, 1.54) is 0 Å². The van der Waals surface area contributed by atoms with Crippen LogP contribution in [0.1, 0.15) is 11.1 Å². The number of hydrogen-bond acceptors (Lipinski definition) is 2. The minimum atomic E-state index is -1.34. The SMILES string of the molecule is COCc1cc(OC)ccc1C#C[Si](C)(C)C. The Balaban J connectivity index is 3.09. The first-order valence-electron chi connectivity index (χ1n) is 5.65. The van der Waals surface area contributed by atoms with Crippen molar-refractivity contribution in [3.05, 3.63) is 29.3 Å². The van der Waals surface area contributed by atoms with E-state index >= 15 is 0 Å². The molecule has 0 bridgehead atoms. The predicted molar refractivity (Wildman–Crippen MR) is 73.9 cm³/mol. The lowest BCUT2D eigenvalue weighted by Crippen LogP contribution is -2.16. The topological polar surface area (TPSA) is 18.5 Å². The summed E-state index contributed by atoms with van der Waals surface area (Å²) in [5, 5.41) is 0. The molecule has 0 saturated heterocycles. The second kappa shape index (κ2) is 5.90. The zero-order valence-electron chi connectivity index (χ0n) is 11.3. The van der Waals surface area contributed by atoms with Gasteiger partial charge in [0, 0.05) is 12.7 Å². The summed E-state index contributed by atoms with van der Waals surface area (Å²) >= 11 is 0. The molecule has 0 saturated carbocycles. The molecule has 2 nitrogen and oxygen atoms in total. The van der Waals surface area contributed by atoms with Crippen LogP contribution in [-0.2, 0) is 11.3 Å². The van der Waals surface area contributed by atoms with Gasteiger partial charge in [0.25, 0.3) is 0 Å². The van der Waals surface area contributed by atoms with Crippen molar-refractivity contribution in [2.75, 3.05) is 14.2 Å². The highest BCUT2D eigenvalue weighted by Crippen LogP contribution is 2.18. The fourth-order valence-corrected chi connectivity index (χ4v) is 1.86. The highest BCUT2D eigenvalue weighted by molar-refractivity contribution is 6.83. The van der Waals surface area contributed by atoms with Gasteiger partial charge in [-0.05, 0) is 23.8 Å². The molecule has 0 atom stereocenters. The third-order valence-corrected chi connectivity index (χ3v) is 3.06. The van der Waals surface area contributed by atoms with Gasteiger partial charge >= 0.3 is 0 Å². The van der Waals surface area contributed by atoms with Crippen molar-refractivity contribution >= 4 is 8.07 Å². The van der Waals surface area contributed by atoms with Gasteiger partial charge in [0.1, 0.15) is 13.8 Å². The highest BCUT2D eigenvalue weighted by Gasteiger charge is 2.08. The Kier molecular flexibility index (Phi) is 4.80. The van der Waals surface area contributed by atoms with Crippen molar-refractivity contribution in [3.63, 3.8) is 0 Å². The number of hydrogen-bond donors (Lipinski definition) is 0. The average Bonchev–Trinajstić information content (AvgIpc) is 2.26. The van der Waals surface area contributed by atoms with Crippen LogP contribution in [0, 0.1) is 11.5 Å². The Morgan fingerprint density at radius 3 is 2.41 bits per heavy atom. The van der Waals surface area contributed by atoms with Gasteiger partial charge in [0.05, 0.1) is 13.7 Å². The van der Waals surface area contributed by atoms with Crippen LogP contribution in [-0.4, -0.2) is 22.3 Å². The molecule has 1 aromatic rings. The van der Waals surface area contributed by atoms with E-state index in [1.54, 1.807) is 14.2 Å². The second-order valence-electron chi connectivity index (χ2n) is 4.96. The number of ether oxygens (including phenoxy) is 2.